The largest absolute Gasteiger partial charge is 0.507 e. The number of hydrogen-bond acceptors (Lipinski definition) is 7. The minimum Gasteiger partial charge on any atom is -0.507 e. The maximum atomic E-state index is 12.8. The van der Waals surface area contributed by atoms with E-state index in [0.29, 0.717) is 0 Å². The van der Waals surface area contributed by atoms with Crippen LogP contribution in [0.3, 0.4) is 0 Å². The molecular formula is C18H12O9. The Morgan fingerprint density at radius 3 is 1.96 bits per heavy atom. The number of carbonyl (C=O) groups excluding carboxylic acids is 2. The van der Waals surface area contributed by atoms with Crippen molar-refractivity contribution >= 4 is 23.5 Å². The number of benzene rings is 2. The molecule has 0 saturated carbocycles. The number of aromatic hydroxyl groups is 2. The molecule has 9 heteroatoms. The Balaban J connectivity index is 2.24. The van der Waals surface area contributed by atoms with Gasteiger partial charge in [0, 0.05) is 22.3 Å². The van der Waals surface area contributed by atoms with Crippen LogP contribution in [0.15, 0.2) is 24.3 Å². The zero-order valence-electron chi connectivity index (χ0n) is 13.5. The molecule has 0 saturated heterocycles. The molecule has 1 atom stereocenters. The molecule has 1 aliphatic rings. The van der Waals surface area contributed by atoms with E-state index in [1.165, 1.54) is 12.1 Å². The first-order valence-electron chi connectivity index (χ1n) is 7.57. The summed E-state index contributed by atoms with van der Waals surface area (Å²) in [6.07, 6.45) is -2.73. The van der Waals surface area contributed by atoms with E-state index in [1.54, 1.807) is 0 Å². The summed E-state index contributed by atoms with van der Waals surface area (Å²) in [5.74, 6) is -6.25. The van der Waals surface area contributed by atoms with Crippen LogP contribution in [0, 0.1) is 0 Å². The maximum Gasteiger partial charge on any atom is 0.337 e. The van der Waals surface area contributed by atoms with Gasteiger partial charge in [0.1, 0.15) is 11.5 Å². The third-order valence-electron chi connectivity index (χ3n) is 4.28. The first-order valence-corrected chi connectivity index (χ1v) is 7.57. The molecule has 3 rings (SSSR count). The average Bonchev–Trinajstić information content (AvgIpc) is 2.60. The van der Waals surface area contributed by atoms with Gasteiger partial charge in [-0.15, -0.1) is 0 Å². The van der Waals surface area contributed by atoms with E-state index in [9.17, 15) is 34.5 Å². The standard InChI is InChI=1S/C18H12O9/c19-10(20)5-6-1-2-7-11(13(6)21)17(25)12-8(14(7)22)3-4-9(15(12)23)16(24)18(26)27/h1-4,16,21,23-24H,5H2,(H,19,20)(H,26,27). The van der Waals surface area contributed by atoms with Crippen molar-refractivity contribution in [1.29, 1.82) is 0 Å². The number of fused-ring (bicyclic) bond motifs is 2. The van der Waals surface area contributed by atoms with Crippen LogP contribution in [0.4, 0.5) is 0 Å². The minimum absolute atomic E-state index is 0.105. The molecule has 9 nitrogen and oxygen atoms in total. The molecule has 2 aromatic rings. The zero-order chi connectivity index (χ0) is 20.0. The second-order valence-electron chi connectivity index (χ2n) is 5.89. The summed E-state index contributed by atoms with van der Waals surface area (Å²) in [5.41, 5.74) is -2.04. The SMILES string of the molecule is O=C(O)Cc1ccc2c(c1O)C(=O)c1c(ccc(C(O)C(=O)O)c1O)C2=O. The number of carboxylic acids is 2. The van der Waals surface area contributed by atoms with E-state index < -0.39 is 64.2 Å². The highest BCUT2D eigenvalue weighted by molar-refractivity contribution is 6.30. The predicted octanol–water partition coefficient (Wildman–Crippen LogP) is 0.618. The molecule has 0 radical (unpaired) electrons. The van der Waals surface area contributed by atoms with Gasteiger partial charge in [-0.05, 0) is 12.1 Å². The van der Waals surface area contributed by atoms with Crippen molar-refractivity contribution in [1.82, 2.24) is 0 Å². The molecule has 1 aliphatic carbocycles. The first kappa shape index (κ1) is 18.1. The third-order valence-corrected chi connectivity index (χ3v) is 4.28. The van der Waals surface area contributed by atoms with Gasteiger partial charge in [0.05, 0.1) is 17.5 Å². The fraction of sp³-hybridized carbons (Fsp3) is 0.111. The second kappa shape index (κ2) is 6.22. The van der Waals surface area contributed by atoms with Gasteiger partial charge >= 0.3 is 11.9 Å². The topological polar surface area (TPSA) is 169 Å². The smallest absolute Gasteiger partial charge is 0.337 e. The van der Waals surface area contributed by atoms with Gasteiger partial charge in [-0.2, -0.15) is 0 Å². The number of aliphatic hydroxyl groups is 1. The Morgan fingerprint density at radius 1 is 0.852 bits per heavy atom. The molecule has 0 fully saturated rings. The molecule has 0 heterocycles. The van der Waals surface area contributed by atoms with Crippen LogP contribution in [-0.4, -0.2) is 49.0 Å². The number of phenols is 2. The molecule has 5 N–H and O–H groups in total. The van der Waals surface area contributed by atoms with Crippen LogP contribution in [0.25, 0.3) is 0 Å². The van der Waals surface area contributed by atoms with Crippen molar-refractivity contribution in [3.05, 3.63) is 57.6 Å². The normalized spacial score (nSPS) is 13.7. The maximum absolute atomic E-state index is 12.8. The molecule has 0 amide bonds. The first-order chi connectivity index (χ1) is 12.6. The Hall–Kier alpha value is -3.72. The predicted molar refractivity (Wildman–Crippen MR) is 87.0 cm³/mol. The average molecular weight is 372 g/mol. The number of carboxylic acid groups (broad SMARTS) is 2. The van der Waals surface area contributed by atoms with Gasteiger partial charge in [0.2, 0.25) is 5.78 Å². The number of aliphatic carboxylic acids is 2. The molecule has 0 aliphatic heterocycles. The molecule has 1 unspecified atom stereocenters. The van der Waals surface area contributed by atoms with Gasteiger partial charge in [0.25, 0.3) is 0 Å². The fourth-order valence-electron chi connectivity index (χ4n) is 3.01. The highest BCUT2D eigenvalue weighted by atomic mass is 16.4. The minimum atomic E-state index is -2.13. The van der Waals surface area contributed by atoms with Crippen molar-refractivity contribution < 1.29 is 44.7 Å². The highest BCUT2D eigenvalue weighted by Gasteiger charge is 2.37. The summed E-state index contributed by atoms with van der Waals surface area (Å²) in [7, 11) is 0. The van der Waals surface area contributed by atoms with Crippen molar-refractivity contribution in [2.24, 2.45) is 0 Å². The second-order valence-corrected chi connectivity index (χ2v) is 5.89. The van der Waals surface area contributed by atoms with E-state index in [4.69, 9.17) is 10.2 Å². The molecule has 0 spiro atoms. The lowest BCUT2D eigenvalue weighted by Crippen LogP contribution is -2.23. The van der Waals surface area contributed by atoms with E-state index in [-0.39, 0.29) is 16.7 Å². The number of phenolic OH excluding ortho intramolecular Hbond substituents is 2. The van der Waals surface area contributed by atoms with Crippen LogP contribution in [0.1, 0.15) is 49.1 Å². The van der Waals surface area contributed by atoms with Crippen LogP contribution in [0.5, 0.6) is 11.5 Å². The number of hydrogen-bond donors (Lipinski definition) is 5. The summed E-state index contributed by atoms with van der Waals surface area (Å²) in [6.45, 7) is 0. The van der Waals surface area contributed by atoms with Crippen molar-refractivity contribution in [3.8, 4) is 11.5 Å². The quantitative estimate of drug-likeness (QED) is 0.440. The molecule has 2 aromatic carbocycles. The van der Waals surface area contributed by atoms with E-state index in [2.05, 4.69) is 0 Å². The molecular weight excluding hydrogens is 360 g/mol. The van der Waals surface area contributed by atoms with Gasteiger partial charge in [-0.1, -0.05) is 12.1 Å². The van der Waals surface area contributed by atoms with Crippen molar-refractivity contribution in [2.75, 3.05) is 0 Å². The van der Waals surface area contributed by atoms with Crippen LogP contribution in [0.2, 0.25) is 0 Å². The molecule has 0 aromatic heterocycles. The summed E-state index contributed by atoms with van der Waals surface area (Å²) >= 11 is 0. The van der Waals surface area contributed by atoms with E-state index >= 15 is 0 Å². The van der Waals surface area contributed by atoms with Gasteiger partial charge in [-0.3, -0.25) is 14.4 Å². The van der Waals surface area contributed by atoms with E-state index in [1.807, 2.05) is 0 Å². The van der Waals surface area contributed by atoms with Crippen molar-refractivity contribution in [3.63, 3.8) is 0 Å². The highest BCUT2D eigenvalue weighted by Crippen LogP contribution is 2.40. The van der Waals surface area contributed by atoms with Crippen LogP contribution < -0.4 is 0 Å². The zero-order valence-corrected chi connectivity index (χ0v) is 13.5. The molecule has 138 valence electrons. The lowest BCUT2D eigenvalue weighted by atomic mass is 9.80. The number of rotatable bonds is 4. The summed E-state index contributed by atoms with van der Waals surface area (Å²) in [4.78, 5) is 47.3. The Labute approximate surface area is 150 Å². The van der Waals surface area contributed by atoms with Crippen LogP contribution in [-0.2, 0) is 16.0 Å². The van der Waals surface area contributed by atoms with Gasteiger partial charge in [-0.25, -0.2) is 4.79 Å². The van der Waals surface area contributed by atoms with Gasteiger partial charge in [0.15, 0.2) is 11.9 Å². The fourth-order valence-corrected chi connectivity index (χ4v) is 3.01. The number of ketones is 2. The van der Waals surface area contributed by atoms with Crippen LogP contribution >= 0.6 is 0 Å². The van der Waals surface area contributed by atoms with E-state index in [0.717, 1.165) is 12.1 Å². The summed E-state index contributed by atoms with van der Waals surface area (Å²) in [6, 6.07) is 4.53. The summed E-state index contributed by atoms with van der Waals surface area (Å²) in [5, 5.41) is 48.0. The van der Waals surface area contributed by atoms with Gasteiger partial charge < -0.3 is 25.5 Å². The Morgan fingerprint density at radius 2 is 1.41 bits per heavy atom. The lowest BCUT2D eigenvalue weighted by Gasteiger charge is -2.22. The van der Waals surface area contributed by atoms with Crippen molar-refractivity contribution in [2.45, 2.75) is 12.5 Å². The third kappa shape index (κ3) is 2.70. The monoisotopic (exact) mass is 372 g/mol. The number of aliphatic hydroxyl groups excluding tert-OH is 1. The molecule has 27 heavy (non-hydrogen) atoms. The molecule has 0 bridgehead atoms. The Bertz CT molecular complexity index is 1040. The number of carbonyl (C=O) groups is 4. The Kier molecular flexibility index (Phi) is 4.16. The summed E-state index contributed by atoms with van der Waals surface area (Å²) < 4.78 is 0. The lowest BCUT2D eigenvalue weighted by molar-refractivity contribution is -0.147.